The highest BCUT2D eigenvalue weighted by molar-refractivity contribution is 5.73. The van der Waals surface area contributed by atoms with E-state index in [2.05, 4.69) is 10.6 Å². The Morgan fingerprint density at radius 2 is 1.77 bits per heavy atom. The van der Waals surface area contributed by atoms with E-state index in [4.69, 9.17) is 10.5 Å². The number of carbonyl (C=O) groups is 1. The molecule has 0 spiro atoms. The number of hydrogen-bond acceptors (Lipinski definition) is 5. The predicted octanol–water partition coefficient (Wildman–Crippen LogP) is 1.70. The number of ether oxygens (including phenoxy) is 1. The van der Waals surface area contributed by atoms with Gasteiger partial charge in [-0.1, -0.05) is 30.3 Å². The molecule has 0 aromatic heterocycles. The lowest BCUT2D eigenvalue weighted by molar-refractivity contribution is 0.0335. The number of aliphatic hydroxyl groups is 1. The van der Waals surface area contributed by atoms with Crippen LogP contribution in [0.15, 0.2) is 54.6 Å². The molecule has 2 atom stereocenters. The van der Waals surface area contributed by atoms with Gasteiger partial charge in [0.2, 0.25) is 0 Å². The van der Waals surface area contributed by atoms with Crippen LogP contribution in [0.5, 0.6) is 11.5 Å². The molecule has 26 heavy (non-hydrogen) atoms. The molecule has 2 rings (SSSR count). The van der Waals surface area contributed by atoms with E-state index in [1.165, 1.54) is 12.1 Å². The van der Waals surface area contributed by atoms with E-state index in [0.29, 0.717) is 31.7 Å². The van der Waals surface area contributed by atoms with Crippen LogP contribution in [-0.4, -0.2) is 35.1 Å². The summed E-state index contributed by atoms with van der Waals surface area (Å²) in [6.45, 7) is 0.879. The average molecular weight is 359 g/mol. The first-order valence-corrected chi connectivity index (χ1v) is 8.49. The number of amides is 2. The molecule has 7 nitrogen and oxygen atoms in total. The summed E-state index contributed by atoms with van der Waals surface area (Å²) in [4.78, 5) is 11.7. The van der Waals surface area contributed by atoms with Gasteiger partial charge in [-0.2, -0.15) is 0 Å². The summed E-state index contributed by atoms with van der Waals surface area (Å²) in [5.41, 5.74) is 6.83. The van der Waals surface area contributed by atoms with Crippen LogP contribution in [0.4, 0.5) is 4.79 Å². The zero-order valence-electron chi connectivity index (χ0n) is 14.5. The molecule has 0 heterocycles. The van der Waals surface area contributed by atoms with Gasteiger partial charge in [0.05, 0.1) is 0 Å². The van der Waals surface area contributed by atoms with Gasteiger partial charge in [-0.3, -0.25) is 5.73 Å². The van der Waals surface area contributed by atoms with Crippen molar-refractivity contribution in [1.82, 2.24) is 10.6 Å². The maximum absolute atomic E-state index is 11.7. The van der Waals surface area contributed by atoms with Crippen molar-refractivity contribution in [3.63, 3.8) is 0 Å². The van der Waals surface area contributed by atoms with E-state index < -0.39 is 12.3 Å². The largest absolute Gasteiger partial charge is 0.508 e. The molecule has 7 heteroatoms. The van der Waals surface area contributed by atoms with Crippen LogP contribution in [-0.2, 0) is 6.54 Å². The van der Waals surface area contributed by atoms with Crippen LogP contribution in [0.1, 0.15) is 18.4 Å². The van der Waals surface area contributed by atoms with Crippen molar-refractivity contribution in [2.45, 2.75) is 31.7 Å². The van der Waals surface area contributed by atoms with Crippen molar-refractivity contribution < 1.29 is 19.7 Å². The molecule has 0 radical (unpaired) electrons. The van der Waals surface area contributed by atoms with Gasteiger partial charge in [0, 0.05) is 13.1 Å². The third-order valence-electron chi connectivity index (χ3n) is 3.75. The highest BCUT2D eigenvalue weighted by Crippen LogP contribution is 2.17. The average Bonchev–Trinajstić information content (AvgIpc) is 2.66. The van der Waals surface area contributed by atoms with Crippen LogP contribution in [0.3, 0.4) is 0 Å². The molecule has 6 N–H and O–H groups in total. The maximum atomic E-state index is 11.7. The Labute approximate surface area is 152 Å². The first-order valence-electron chi connectivity index (χ1n) is 8.49. The van der Waals surface area contributed by atoms with Gasteiger partial charge in [-0.25, -0.2) is 4.79 Å². The van der Waals surface area contributed by atoms with Crippen LogP contribution < -0.4 is 21.1 Å². The number of carbonyl (C=O) groups excluding carboxylic acids is 1. The Morgan fingerprint density at radius 1 is 1.08 bits per heavy atom. The van der Waals surface area contributed by atoms with Crippen molar-refractivity contribution >= 4 is 6.03 Å². The lowest BCUT2D eigenvalue weighted by atomic mass is 10.2. The lowest BCUT2D eigenvalue weighted by Gasteiger charge is -2.20. The standard InChI is InChI=1S/C19H25N3O4/c20-18(26-16-10-8-15(23)9-11-16)17(24)7-4-12-21-19(25)22-13-14-5-2-1-3-6-14/h1-3,5-6,8-11,17-18,23-24H,4,7,12-13,20H2,(H2,21,22,25). The first-order chi connectivity index (χ1) is 12.5. The number of phenolic OH excluding ortho intramolecular Hbond substituents is 1. The minimum Gasteiger partial charge on any atom is -0.508 e. The van der Waals surface area contributed by atoms with Crippen LogP contribution >= 0.6 is 0 Å². The summed E-state index contributed by atoms with van der Waals surface area (Å²) in [5, 5.41) is 24.7. The number of urea groups is 1. The Hall–Kier alpha value is -2.77. The highest BCUT2D eigenvalue weighted by atomic mass is 16.5. The van der Waals surface area contributed by atoms with E-state index >= 15 is 0 Å². The highest BCUT2D eigenvalue weighted by Gasteiger charge is 2.16. The summed E-state index contributed by atoms with van der Waals surface area (Å²) in [6, 6.07) is 15.5. The van der Waals surface area contributed by atoms with E-state index in [1.54, 1.807) is 12.1 Å². The second-order valence-corrected chi connectivity index (χ2v) is 5.88. The molecule has 140 valence electrons. The molecule has 2 aromatic carbocycles. The van der Waals surface area contributed by atoms with Crippen LogP contribution in [0.2, 0.25) is 0 Å². The van der Waals surface area contributed by atoms with Gasteiger partial charge < -0.3 is 25.6 Å². The number of nitrogens with two attached hydrogens (primary N) is 1. The Kier molecular flexibility index (Phi) is 7.73. The molecule has 2 aromatic rings. The van der Waals surface area contributed by atoms with Gasteiger partial charge in [0.15, 0.2) is 6.23 Å². The number of phenols is 1. The molecule has 0 fully saturated rings. The van der Waals surface area contributed by atoms with Crippen molar-refractivity contribution in [1.29, 1.82) is 0 Å². The lowest BCUT2D eigenvalue weighted by Crippen LogP contribution is -2.40. The molecule has 0 saturated heterocycles. The number of aliphatic hydroxyl groups excluding tert-OH is 1. The summed E-state index contributed by atoms with van der Waals surface area (Å²) in [7, 11) is 0. The fourth-order valence-corrected chi connectivity index (χ4v) is 2.28. The third-order valence-corrected chi connectivity index (χ3v) is 3.75. The fraction of sp³-hybridized carbons (Fsp3) is 0.316. The van der Waals surface area contributed by atoms with Gasteiger partial charge >= 0.3 is 6.03 Å². The summed E-state index contributed by atoms with van der Waals surface area (Å²) in [6.07, 6.45) is -0.797. The molecular weight excluding hydrogens is 334 g/mol. The van der Waals surface area contributed by atoms with Crippen molar-refractivity contribution in [2.24, 2.45) is 5.73 Å². The topological polar surface area (TPSA) is 117 Å². The zero-order chi connectivity index (χ0) is 18.8. The van der Waals surface area contributed by atoms with Gasteiger partial charge in [-0.15, -0.1) is 0 Å². The molecule has 2 unspecified atom stereocenters. The second-order valence-electron chi connectivity index (χ2n) is 5.88. The van der Waals surface area contributed by atoms with Crippen LogP contribution in [0, 0.1) is 0 Å². The molecular formula is C19H25N3O4. The van der Waals surface area contributed by atoms with Gasteiger partial charge in [0.25, 0.3) is 0 Å². The number of aromatic hydroxyl groups is 1. The third kappa shape index (κ3) is 7.00. The summed E-state index contributed by atoms with van der Waals surface area (Å²) >= 11 is 0. The van der Waals surface area contributed by atoms with Gasteiger partial charge in [0.1, 0.15) is 17.6 Å². The van der Waals surface area contributed by atoms with Crippen molar-refractivity contribution in [3.8, 4) is 11.5 Å². The van der Waals surface area contributed by atoms with E-state index in [9.17, 15) is 15.0 Å². The number of benzene rings is 2. The number of rotatable bonds is 9. The van der Waals surface area contributed by atoms with Gasteiger partial charge in [-0.05, 0) is 42.7 Å². The summed E-state index contributed by atoms with van der Waals surface area (Å²) < 4.78 is 5.41. The molecule has 0 aliphatic carbocycles. The van der Waals surface area contributed by atoms with E-state index in [-0.39, 0.29) is 11.8 Å². The molecule has 0 saturated carbocycles. The predicted molar refractivity (Wildman–Crippen MR) is 98.6 cm³/mol. The van der Waals surface area contributed by atoms with E-state index in [0.717, 1.165) is 5.56 Å². The minimum absolute atomic E-state index is 0.128. The summed E-state index contributed by atoms with van der Waals surface area (Å²) in [5.74, 6) is 0.593. The Balaban J connectivity index is 1.59. The maximum Gasteiger partial charge on any atom is 0.315 e. The number of nitrogens with one attached hydrogen (secondary N) is 2. The zero-order valence-corrected chi connectivity index (χ0v) is 14.5. The normalized spacial score (nSPS) is 12.8. The molecule has 0 bridgehead atoms. The molecule has 0 aliphatic rings. The van der Waals surface area contributed by atoms with Crippen molar-refractivity contribution in [2.75, 3.05) is 6.54 Å². The van der Waals surface area contributed by atoms with Crippen molar-refractivity contribution in [3.05, 3.63) is 60.2 Å². The number of hydrogen-bond donors (Lipinski definition) is 5. The Morgan fingerprint density at radius 3 is 2.46 bits per heavy atom. The fourth-order valence-electron chi connectivity index (χ4n) is 2.28. The first kappa shape index (κ1) is 19.6. The SMILES string of the molecule is NC(Oc1ccc(O)cc1)C(O)CCCNC(=O)NCc1ccccc1. The Bertz CT molecular complexity index is 664. The molecule has 0 aliphatic heterocycles. The van der Waals surface area contributed by atoms with Crippen LogP contribution in [0.25, 0.3) is 0 Å². The smallest absolute Gasteiger partial charge is 0.315 e. The minimum atomic E-state index is -0.883. The second kappa shape index (κ2) is 10.3. The van der Waals surface area contributed by atoms with E-state index in [1.807, 2.05) is 30.3 Å². The monoisotopic (exact) mass is 359 g/mol. The molecule has 2 amide bonds. The quantitative estimate of drug-likeness (QED) is 0.345.